The Morgan fingerprint density at radius 1 is 1.33 bits per heavy atom. The summed E-state index contributed by atoms with van der Waals surface area (Å²) in [5.74, 6) is 1.97. The highest BCUT2D eigenvalue weighted by atomic mass is 16.2. The molecule has 2 rings (SSSR count). The maximum absolute atomic E-state index is 12.2. The standard InChI is InChI=1S/C14H25N3O/c1-9-6-7-14(8-10(9)2)11(18)15-12(17-14)16-13(3,4)5/h9-10H,6-8H2,1-5H3,(H2,15,16,17,18). The van der Waals surface area contributed by atoms with Gasteiger partial charge in [-0.1, -0.05) is 13.8 Å². The molecule has 3 unspecified atom stereocenters. The SMILES string of the molecule is CC1CCC2(CC1C)N=C(NC(C)(C)C)NC2=O. The van der Waals surface area contributed by atoms with E-state index in [-0.39, 0.29) is 11.4 Å². The minimum Gasteiger partial charge on any atom is -0.351 e. The highest BCUT2D eigenvalue weighted by molar-refractivity contribution is 6.07. The molecule has 18 heavy (non-hydrogen) atoms. The van der Waals surface area contributed by atoms with Crippen molar-refractivity contribution >= 4 is 11.9 Å². The average Bonchev–Trinajstić information content (AvgIpc) is 2.47. The van der Waals surface area contributed by atoms with Gasteiger partial charge in [-0.15, -0.1) is 0 Å². The highest BCUT2D eigenvalue weighted by Crippen LogP contribution is 2.40. The molecular formula is C14H25N3O. The van der Waals surface area contributed by atoms with Gasteiger partial charge in [0.2, 0.25) is 0 Å². The van der Waals surface area contributed by atoms with E-state index in [1.54, 1.807) is 0 Å². The summed E-state index contributed by atoms with van der Waals surface area (Å²) in [5.41, 5.74) is -0.579. The minimum atomic E-state index is -0.500. The number of carbonyl (C=O) groups is 1. The van der Waals surface area contributed by atoms with Crippen molar-refractivity contribution in [2.45, 2.75) is 65.0 Å². The van der Waals surface area contributed by atoms with Crippen LogP contribution in [0.15, 0.2) is 4.99 Å². The molecule has 4 heteroatoms. The van der Waals surface area contributed by atoms with Crippen molar-refractivity contribution in [3.05, 3.63) is 0 Å². The van der Waals surface area contributed by atoms with Gasteiger partial charge in [-0.05, 0) is 51.9 Å². The van der Waals surface area contributed by atoms with E-state index in [0.717, 1.165) is 19.3 Å². The molecule has 0 radical (unpaired) electrons. The fourth-order valence-corrected chi connectivity index (χ4v) is 2.83. The third kappa shape index (κ3) is 2.52. The summed E-state index contributed by atoms with van der Waals surface area (Å²) in [6.45, 7) is 10.7. The molecule has 0 saturated heterocycles. The van der Waals surface area contributed by atoms with Crippen molar-refractivity contribution in [2.24, 2.45) is 16.8 Å². The third-order valence-electron chi connectivity index (χ3n) is 4.12. The van der Waals surface area contributed by atoms with Crippen LogP contribution >= 0.6 is 0 Å². The lowest BCUT2D eigenvalue weighted by Crippen LogP contribution is -2.48. The summed E-state index contributed by atoms with van der Waals surface area (Å²) in [6.07, 6.45) is 2.83. The molecule has 0 aromatic carbocycles. The first-order chi connectivity index (χ1) is 8.22. The first-order valence-electron chi connectivity index (χ1n) is 6.91. The normalized spacial score (nSPS) is 36.5. The number of carbonyl (C=O) groups excluding carboxylic acids is 1. The van der Waals surface area contributed by atoms with E-state index in [4.69, 9.17) is 0 Å². The van der Waals surface area contributed by atoms with Gasteiger partial charge in [0.25, 0.3) is 5.91 Å². The number of hydrogen-bond donors (Lipinski definition) is 2. The van der Waals surface area contributed by atoms with Crippen LogP contribution in [0.2, 0.25) is 0 Å². The van der Waals surface area contributed by atoms with Gasteiger partial charge in [0.1, 0.15) is 5.54 Å². The van der Waals surface area contributed by atoms with Gasteiger partial charge in [0.05, 0.1) is 0 Å². The van der Waals surface area contributed by atoms with Crippen LogP contribution in [0, 0.1) is 11.8 Å². The van der Waals surface area contributed by atoms with E-state index in [1.807, 2.05) is 0 Å². The second-order valence-electron chi connectivity index (χ2n) is 7.02. The minimum absolute atomic E-state index is 0.0769. The van der Waals surface area contributed by atoms with Gasteiger partial charge in [0, 0.05) is 5.54 Å². The van der Waals surface area contributed by atoms with E-state index < -0.39 is 5.54 Å². The molecule has 1 amide bonds. The number of nitrogens with one attached hydrogen (secondary N) is 2. The van der Waals surface area contributed by atoms with Crippen LogP contribution in [0.25, 0.3) is 0 Å². The van der Waals surface area contributed by atoms with Crippen molar-refractivity contribution in [3.63, 3.8) is 0 Å². The molecule has 0 aromatic rings. The summed E-state index contributed by atoms with van der Waals surface area (Å²) in [7, 11) is 0. The lowest BCUT2D eigenvalue weighted by atomic mass is 9.71. The van der Waals surface area contributed by atoms with Crippen molar-refractivity contribution < 1.29 is 4.79 Å². The summed E-state index contributed by atoms with van der Waals surface area (Å²) in [5, 5.41) is 6.17. The molecule has 102 valence electrons. The Labute approximate surface area is 110 Å². The maximum Gasteiger partial charge on any atom is 0.254 e. The number of rotatable bonds is 0. The van der Waals surface area contributed by atoms with Gasteiger partial charge in [0.15, 0.2) is 5.96 Å². The zero-order chi connectivity index (χ0) is 13.6. The van der Waals surface area contributed by atoms with Crippen LogP contribution in [0.4, 0.5) is 0 Å². The molecule has 2 N–H and O–H groups in total. The first-order valence-corrected chi connectivity index (χ1v) is 6.91. The Morgan fingerprint density at radius 3 is 2.56 bits per heavy atom. The topological polar surface area (TPSA) is 53.5 Å². The number of aliphatic imine (C=N–C) groups is 1. The lowest BCUT2D eigenvalue weighted by molar-refractivity contribution is -0.125. The van der Waals surface area contributed by atoms with Crippen LogP contribution in [-0.2, 0) is 4.79 Å². The Balaban J connectivity index is 2.16. The van der Waals surface area contributed by atoms with E-state index in [1.165, 1.54) is 0 Å². The Hall–Kier alpha value is -1.06. The zero-order valence-corrected chi connectivity index (χ0v) is 12.1. The van der Waals surface area contributed by atoms with Gasteiger partial charge >= 0.3 is 0 Å². The number of amides is 1. The van der Waals surface area contributed by atoms with Gasteiger partial charge in [-0.25, -0.2) is 4.99 Å². The molecule has 1 fully saturated rings. The predicted molar refractivity (Wildman–Crippen MR) is 73.4 cm³/mol. The fraction of sp³-hybridized carbons (Fsp3) is 0.857. The second kappa shape index (κ2) is 4.25. The molecular weight excluding hydrogens is 226 g/mol. The van der Waals surface area contributed by atoms with Gasteiger partial charge in [-0.3, -0.25) is 10.1 Å². The first kappa shape index (κ1) is 13.4. The lowest BCUT2D eigenvalue weighted by Gasteiger charge is -2.35. The number of hydrogen-bond acceptors (Lipinski definition) is 3. The average molecular weight is 251 g/mol. The highest BCUT2D eigenvalue weighted by Gasteiger charge is 2.47. The molecule has 0 bridgehead atoms. The van der Waals surface area contributed by atoms with Crippen molar-refractivity contribution in [2.75, 3.05) is 0 Å². The largest absolute Gasteiger partial charge is 0.351 e. The Kier molecular flexibility index (Phi) is 3.16. The molecule has 3 atom stereocenters. The van der Waals surface area contributed by atoms with Crippen molar-refractivity contribution in [3.8, 4) is 0 Å². The van der Waals surface area contributed by atoms with Gasteiger partial charge < -0.3 is 5.32 Å². The number of nitrogens with zero attached hydrogens (tertiary/aromatic N) is 1. The van der Waals surface area contributed by atoms with Crippen molar-refractivity contribution in [1.82, 2.24) is 10.6 Å². The monoisotopic (exact) mass is 251 g/mol. The fourth-order valence-electron chi connectivity index (χ4n) is 2.83. The number of guanidine groups is 1. The molecule has 1 saturated carbocycles. The van der Waals surface area contributed by atoms with Gasteiger partial charge in [-0.2, -0.15) is 0 Å². The van der Waals surface area contributed by atoms with E-state index >= 15 is 0 Å². The Morgan fingerprint density at radius 2 is 2.00 bits per heavy atom. The molecule has 1 spiro atoms. The summed E-state index contributed by atoms with van der Waals surface area (Å²) in [6, 6.07) is 0. The zero-order valence-electron chi connectivity index (χ0n) is 12.1. The van der Waals surface area contributed by atoms with E-state index in [0.29, 0.717) is 17.8 Å². The van der Waals surface area contributed by atoms with E-state index in [2.05, 4.69) is 50.2 Å². The molecule has 1 aliphatic carbocycles. The summed E-state index contributed by atoms with van der Waals surface area (Å²) < 4.78 is 0. The molecule has 1 aliphatic heterocycles. The smallest absolute Gasteiger partial charge is 0.254 e. The summed E-state index contributed by atoms with van der Waals surface area (Å²) in [4.78, 5) is 16.9. The maximum atomic E-state index is 12.2. The third-order valence-corrected chi connectivity index (χ3v) is 4.12. The molecule has 1 heterocycles. The second-order valence-corrected chi connectivity index (χ2v) is 7.02. The van der Waals surface area contributed by atoms with Crippen LogP contribution in [-0.4, -0.2) is 22.9 Å². The molecule has 0 aromatic heterocycles. The van der Waals surface area contributed by atoms with Crippen LogP contribution < -0.4 is 10.6 Å². The van der Waals surface area contributed by atoms with Crippen molar-refractivity contribution in [1.29, 1.82) is 0 Å². The predicted octanol–water partition coefficient (Wildman–Crippen LogP) is 2.06. The van der Waals surface area contributed by atoms with E-state index in [9.17, 15) is 4.79 Å². The van der Waals surface area contributed by atoms with Crippen LogP contribution in [0.1, 0.15) is 53.9 Å². The summed E-state index contributed by atoms with van der Waals surface area (Å²) >= 11 is 0. The van der Waals surface area contributed by atoms with Crippen LogP contribution in [0.5, 0.6) is 0 Å². The molecule has 4 nitrogen and oxygen atoms in total. The molecule has 2 aliphatic rings. The quantitative estimate of drug-likeness (QED) is 0.692. The van der Waals surface area contributed by atoms with Crippen LogP contribution in [0.3, 0.4) is 0 Å². The Bertz CT molecular complexity index is 383.